The Morgan fingerprint density at radius 3 is 2.43 bits per heavy atom. The van der Waals surface area contributed by atoms with E-state index in [-0.39, 0.29) is 35.3 Å². The zero-order chi connectivity index (χ0) is 26.2. The molecule has 0 unspecified atom stereocenters. The van der Waals surface area contributed by atoms with Gasteiger partial charge in [-0.3, -0.25) is 14.8 Å². The van der Waals surface area contributed by atoms with E-state index in [9.17, 15) is 9.90 Å². The number of piperidine rings is 1. The molecule has 0 spiro atoms. The first-order valence-electron chi connectivity index (χ1n) is 12.3. The first-order valence-corrected chi connectivity index (χ1v) is 12.7. The molecule has 0 radical (unpaired) electrons. The van der Waals surface area contributed by atoms with Gasteiger partial charge < -0.3 is 14.9 Å². The number of pyridine rings is 2. The molecular formula is C27H28ClN7O2. The van der Waals surface area contributed by atoms with Crippen molar-refractivity contribution < 1.29 is 9.90 Å². The predicted molar refractivity (Wildman–Crippen MR) is 137 cm³/mol. The maximum atomic E-state index is 14.0. The highest BCUT2D eigenvalue weighted by molar-refractivity contribution is 6.30. The highest BCUT2D eigenvalue weighted by atomic mass is 35.5. The van der Waals surface area contributed by atoms with Gasteiger partial charge in [0.2, 0.25) is 5.91 Å². The molecule has 0 bridgehead atoms. The van der Waals surface area contributed by atoms with Gasteiger partial charge in [0.15, 0.2) is 11.5 Å². The van der Waals surface area contributed by atoms with Crippen LogP contribution in [0.25, 0.3) is 0 Å². The van der Waals surface area contributed by atoms with Crippen LogP contribution in [0.15, 0.2) is 54.9 Å². The molecule has 0 aliphatic carbocycles. The van der Waals surface area contributed by atoms with Crippen molar-refractivity contribution in [1.82, 2.24) is 25.1 Å². The van der Waals surface area contributed by atoms with Crippen LogP contribution >= 0.6 is 11.6 Å². The van der Waals surface area contributed by atoms with Crippen molar-refractivity contribution in [3.63, 3.8) is 0 Å². The summed E-state index contributed by atoms with van der Waals surface area (Å²) in [7, 11) is 0. The number of rotatable bonds is 4. The van der Waals surface area contributed by atoms with Gasteiger partial charge in [0, 0.05) is 62.0 Å². The molecule has 0 saturated carbocycles. The van der Waals surface area contributed by atoms with E-state index in [0.717, 1.165) is 5.69 Å². The number of hydrogen-bond acceptors (Lipinski definition) is 8. The number of anilines is 1. The zero-order valence-corrected chi connectivity index (χ0v) is 21.5. The number of hydrogen-bond donors (Lipinski definition) is 1. The highest BCUT2D eigenvalue weighted by Crippen LogP contribution is 2.42. The van der Waals surface area contributed by atoms with Gasteiger partial charge in [-0.25, -0.2) is 0 Å². The second kappa shape index (κ2) is 10.0. The van der Waals surface area contributed by atoms with Crippen molar-refractivity contribution in [1.29, 1.82) is 5.26 Å². The Morgan fingerprint density at radius 2 is 1.84 bits per heavy atom. The zero-order valence-electron chi connectivity index (χ0n) is 20.7. The van der Waals surface area contributed by atoms with Crippen LogP contribution in [0.2, 0.25) is 5.02 Å². The average molecular weight is 518 g/mol. The third-order valence-corrected chi connectivity index (χ3v) is 7.96. The Balaban J connectivity index is 1.41. The lowest BCUT2D eigenvalue weighted by Gasteiger charge is -2.48. The monoisotopic (exact) mass is 517 g/mol. The summed E-state index contributed by atoms with van der Waals surface area (Å²) < 4.78 is 0. The molecule has 190 valence electrons. The lowest BCUT2D eigenvalue weighted by molar-refractivity contribution is -0.153. The third kappa shape index (κ3) is 4.63. The summed E-state index contributed by atoms with van der Waals surface area (Å²) in [5.41, 5.74) is 0.546. The summed E-state index contributed by atoms with van der Waals surface area (Å²) in [4.78, 5) is 26.9. The van der Waals surface area contributed by atoms with E-state index in [1.54, 1.807) is 30.6 Å². The number of halogens is 1. The van der Waals surface area contributed by atoms with E-state index in [4.69, 9.17) is 16.9 Å². The Labute approximate surface area is 220 Å². The van der Waals surface area contributed by atoms with E-state index < -0.39 is 5.60 Å². The maximum Gasteiger partial charge on any atom is 0.228 e. The minimum atomic E-state index is -1.12. The highest BCUT2D eigenvalue weighted by Gasteiger charge is 2.50. The number of aliphatic hydroxyl groups is 1. The minimum absolute atomic E-state index is 0.0209. The third-order valence-electron chi connectivity index (χ3n) is 7.73. The molecule has 37 heavy (non-hydrogen) atoms. The molecule has 2 fully saturated rings. The number of carbonyl (C=O) groups excluding carboxylic acids is 1. The molecular weight excluding hydrogens is 490 g/mol. The van der Waals surface area contributed by atoms with Gasteiger partial charge in [0.25, 0.3) is 0 Å². The first kappa shape index (κ1) is 25.1. The number of nitrogens with zero attached hydrogens (tertiary/aromatic N) is 7. The quantitative estimate of drug-likeness (QED) is 0.561. The SMILES string of the molecule is C[C@@H]1CN(C(=O)[C@@H]2CN(c3ccc(C#N)nn3)C[C@H]2c2ccc(Cl)cn2)C[C@H](C)[C@@]1(O)c1ccccn1. The number of nitriles is 1. The molecule has 5 heterocycles. The van der Waals surface area contributed by atoms with E-state index >= 15 is 0 Å². The molecule has 1 N–H and O–H groups in total. The van der Waals surface area contributed by atoms with Crippen molar-refractivity contribution in [2.24, 2.45) is 17.8 Å². The molecule has 9 nitrogen and oxygen atoms in total. The predicted octanol–water partition coefficient (Wildman–Crippen LogP) is 3.01. The van der Waals surface area contributed by atoms with Crippen molar-refractivity contribution in [3.8, 4) is 6.07 Å². The molecule has 3 aromatic heterocycles. The van der Waals surface area contributed by atoms with Crippen molar-refractivity contribution in [2.75, 3.05) is 31.1 Å². The summed E-state index contributed by atoms with van der Waals surface area (Å²) in [5, 5.41) is 29.4. The molecule has 2 saturated heterocycles. The molecule has 5 rings (SSSR count). The van der Waals surface area contributed by atoms with E-state index in [0.29, 0.717) is 42.7 Å². The molecule has 3 aromatic rings. The van der Waals surface area contributed by atoms with Crippen LogP contribution in [0.1, 0.15) is 36.8 Å². The van der Waals surface area contributed by atoms with Crippen LogP contribution in [-0.2, 0) is 10.4 Å². The van der Waals surface area contributed by atoms with E-state index in [1.807, 2.05) is 54.0 Å². The molecule has 5 atom stereocenters. The average Bonchev–Trinajstić information content (AvgIpc) is 3.37. The number of likely N-dealkylation sites (tertiary alicyclic amines) is 1. The number of carbonyl (C=O) groups is 1. The Hall–Kier alpha value is -3.61. The fraction of sp³-hybridized carbons (Fsp3) is 0.407. The molecule has 2 aliphatic rings. The largest absolute Gasteiger partial charge is 0.383 e. The number of amides is 1. The molecule has 10 heteroatoms. The van der Waals surface area contributed by atoms with Gasteiger partial charge in [-0.05, 0) is 36.4 Å². The van der Waals surface area contributed by atoms with Crippen molar-refractivity contribution in [2.45, 2.75) is 25.4 Å². The smallest absolute Gasteiger partial charge is 0.228 e. The van der Waals surface area contributed by atoms with E-state index in [2.05, 4.69) is 20.2 Å². The van der Waals surface area contributed by atoms with E-state index in [1.165, 1.54) is 0 Å². The van der Waals surface area contributed by atoms with Gasteiger partial charge in [-0.15, -0.1) is 10.2 Å². The normalized spacial score (nSPS) is 27.6. The standard InChI is InChI=1S/C27H28ClN7O2/c1-17-13-35(14-18(2)27(17,37)24-5-3-4-10-30-24)26(36)22-16-34(25-9-7-20(11-29)32-33-25)15-21(22)23-8-6-19(28)12-31-23/h3-10,12,17-18,21-22,37H,13-16H2,1-2H3/t17-,18+,21-,22-,27-/m1/s1. The van der Waals surface area contributed by atoms with Gasteiger partial charge in [-0.1, -0.05) is 31.5 Å². The molecule has 0 aromatic carbocycles. The fourth-order valence-corrected chi connectivity index (χ4v) is 5.83. The molecule has 2 aliphatic heterocycles. The van der Waals surface area contributed by atoms with Crippen LogP contribution < -0.4 is 4.90 Å². The Morgan fingerprint density at radius 1 is 1.05 bits per heavy atom. The lowest BCUT2D eigenvalue weighted by Crippen LogP contribution is -2.57. The van der Waals surface area contributed by atoms with Gasteiger partial charge in [0.1, 0.15) is 11.7 Å². The Kier molecular flexibility index (Phi) is 6.80. The van der Waals surface area contributed by atoms with Gasteiger partial charge in [-0.2, -0.15) is 5.26 Å². The summed E-state index contributed by atoms with van der Waals surface area (Å²) in [6, 6.07) is 14.6. The van der Waals surface area contributed by atoms with Crippen LogP contribution in [0.5, 0.6) is 0 Å². The van der Waals surface area contributed by atoms with Crippen molar-refractivity contribution >= 4 is 23.3 Å². The van der Waals surface area contributed by atoms with Gasteiger partial charge >= 0.3 is 0 Å². The summed E-state index contributed by atoms with van der Waals surface area (Å²) in [5.74, 6) is -0.324. The van der Waals surface area contributed by atoms with Crippen LogP contribution in [0.4, 0.5) is 5.82 Å². The van der Waals surface area contributed by atoms with Crippen LogP contribution in [0.3, 0.4) is 0 Å². The summed E-state index contributed by atoms with van der Waals surface area (Å²) in [6.07, 6.45) is 3.29. The summed E-state index contributed by atoms with van der Waals surface area (Å²) >= 11 is 6.08. The lowest BCUT2D eigenvalue weighted by atomic mass is 9.72. The second-order valence-electron chi connectivity index (χ2n) is 9.99. The van der Waals surface area contributed by atoms with Crippen LogP contribution in [0, 0.1) is 29.1 Å². The maximum absolute atomic E-state index is 14.0. The van der Waals surface area contributed by atoms with Gasteiger partial charge in [0.05, 0.1) is 16.6 Å². The molecule has 1 amide bonds. The fourth-order valence-electron chi connectivity index (χ4n) is 5.72. The van der Waals surface area contributed by atoms with Crippen LogP contribution in [-0.4, -0.2) is 62.3 Å². The number of aromatic nitrogens is 4. The topological polar surface area (TPSA) is 119 Å². The summed E-state index contributed by atoms with van der Waals surface area (Å²) in [6.45, 7) is 5.75. The second-order valence-corrected chi connectivity index (χ2v) is 10.4. The minimum Gasteiger partial charge on any atom is -0.383 e. The van der Waals surface area contributed by atoms with Crippen molar-refractivity contribution in [3.05, 3.63) is 77.0 Å². The first-order chi connectivity index (χ1) is 17.8. The Bertz CT molecular complexity index is 1290.